The third kappa shape index (κ3) is 6.03. The summed E-state index contributed by atoms with van der Waals surface area (Å²) in [6, 6.07) is 49.6. The summed E-state index contributed by atoms with van der Waals surface area (Å²) in [5.41, 5.74) is 15.5. The van der Waals surface area contributed by atoms with Gasteiger partial charge in [-0.1, -0.05) is 140 Å². The average Bonchev–Trinajstić information content (AvgIpc) is 3.12. The molecule has 4 nitrogen and oxygen atoms in total. The highest BCUT2D eigenvalue weighted by atomic mass is 15.3. The van der Waals surface area contributed by atoms with Crippen LogP contribution < -0.4 is 5.43 Å². The molecule has 0 amide bonds. The zero-order chi connectivity index (χ0) is 30.4. The second-order valence-electron chi connectivity index (χ2n) is 10.8. The molecular weight excluding hydrogens is 548 g/mol. The fourth-order valence-corrected chi connectivity index (χ4v) is 5.52. The molecular formula is C41H30N4. The number of anilines is 1. The van der Waals surface area contributed by atoms with Gasteiger partial charge in [-0.2, -0.15) is 5.10 Å². The van der Waals surface area contributed by atoms with Crippen LogP contribution in [0, 0.1) is 5.41 Å². The first-order valence-electron chi connectivity index (χ1n) is 14.9. The highest BCUT2D eigenvalue weighted by Crippen LogP contribution is 2.31. The molecule has 0 aliphatic heterocycles. The van der Waals surface area contributed by atoms with Crippen molar-refractivity contribution in [2.45, 2.75) is 0 Å². The van der Waals surface area contributed by atoms with Crippen molar-refractivity contribution in [1.82, 2.24) is 4.98 Å². The summed E-state index contributed by atoms with van der Waals surface area (Å²) in [4.78, 5) is 4.23. The van der Waals surface area contributed by atoms with Gasteiger partial charge in [0.05, 0.1) is 11.4 Å². The van der Waals surface area contributed by atoms with Gasteiger partial charge in [0, 0.05) is 23.5 Å². The van der Waals surface area contributed by atoms with Crippen LogP contribution >= 0.6 is 0 Å². The Bertz CT molecular complexity index is 2020. The van der Waals surface area contributed by atoms with Crippen molar-refractivity contribution < 1.29 is 0 Å². The second kappa shape index (κ2) is 12.6. The number of pyridine rings is 1. The minimum absolute atomic E-state index is 0.367. The maximum absolute atomic E-state index is 9.34. The number of nitrogens with zero attached hydrogens (tertiary/aromatic N) is 2. The van der Waals surface area contributed by atoms with Crippen molar-refractivity contribution in [3.63, 3.8) is 0 Å². The standard InChI is InChI=1S/C41H30N4/c42-40-38(34-17-13-31(14-18-34)29-8-3-1-4-9-29)25-26-39(35-19-15-32(16-20-35)30-10-5-2-6-11-30)41(40)45-44-37-23-21-33(22-24-37)36-12-7-27-43-28-36/h1-28,42,44H/b42-40?,45-41-. The fraction of sp³-hybridized carbons (Fsp3) is 0. The van der Waals surface area contributed by atoms with E-state index in [1.165, 1.54) is 11.1 Å². The van der Waals surface area contributed by atoms with Gasteiger partial charge in [-0.15, -0.1) is 0 Å². The van der Waals surface area contributed by atoms with E-state index in [0.717, 1.165) is 50.2 Å². The van der Waals surface area contributed by atoms with E-state index in [2.05, 4.69) is 89.3 Å². The lowest BCUT2D eigenvalue weighted by molar-refractivity contribution is 1.32. The summed E-state index contributed by atoms with van der Waals surface area (Å²) in [5.74, 6) is 0. The molecule has 0 bridgehead atoms. The molecule has 1 heterocycles. The van der Waals surface area contributed by atoms with Crippen molar-refractivity contribution in [2.75, 3.05) is 5.43 Å². The smallest absolute Gasteiger partial charge is 0.117 e. The molecule has 214 valence electrons. The molecule has 0 unspecified atom stereocenters. The van der Waals surface area contributed by atoms with Crippen LogP contribution in [0.15, 0.2) is 175 Å². The van der Waals surface area contributed by atoms with E-state index in [-0.39, 0.29) is 0 Å². The summed E-state index contributed by atoms with van der Waals surface area (Å²) in [5, 5.41) is 14.2. The van der Waals surface area contributed by atoms with Gasteiger partial charge in [0.2, 0.25) is 0 Å². The fourth-order valence-electron chi connectivity index (χ4n) is 5.52. The van der Waals surface area contributed by atoms with Crippen LogP contribution in [-0.4, -0.2) is 16.4 Å². The molecule has 1 aliphatic carbocycles. The maximum atomic E-state index is 9.34. The number of benzene rings is 5. The Labute approximate surface area is 263 Å². The second-order valence-corrected chi connectivity index (χ2v) is 10.8. The number of hydrogen-bond donors (Lipinski definition) is 2. The zero-order valence-electron chi connectivity index (χ0n) is 24.6. The molecule has 0 saturated carbocycles. The van der Waals surface area contributed by atoms with Gasteiger partial charge < -0.3 is 0 Å². The predicted molar refractivity (Wildman–Crippen MR) is 188 cm³/mol. The van der Waals surface area contributed by atoms with Crippen LogP contribution in [0.25, 0.3) is 44.5 Å². The Kier molecular flexibility index (Phi) is 7.76. The third-order valence-electron chi connectivity index (χ3n) is 7.96. The van der Waals surface area contributed by atoms with E-state index in [4.69, 9.17) is 5.10 Å². The Hall–Kier alpha value is -6.13. The van der Waals surface area contributed by atoms with Crippen molar-refractivity contribution >= 4 is 28.3 Å². The Morgan fingerprint density at radius 1 is 0.444 bits per heavy atom. The lowest BCUT2D eigenvalue weighted by Gasteiger charge is -2.20. The van der Waals surface area contributed by atoms with Gasteiger partial charge in [0.1, 0.15) is 5.71 Å². The van der Waals surface area contributed by atoms with Crippen molar-refractivity contribution in [2.24, 2.45) is 5.10 Å². The first-order valence-corrected chi connectivity index (χ1v) is 14.9. The first-order chi connectivity index (χ1) is 22.2. The summed E-state index contributed by atoms with van der Waals surface area (Å²) >= 11 is 0. The average molecular weight is 579 g/mol. The van der Waals surface area contributed by atoms with Crippen LogP contribution in [-0.2, 0) is 0 Å². The molecule has 7 rings (SSSR count). The largest absolute Gasteiger partial charge is 0.298 e. The van der Waals surface area contributed by atoms with Crippen LogP contribution in [0.3, 0.4) is 0 Å². The molecule has 6 aromatic rings. The van der Waals surface area contributed by atoms with E-state index in [1.54, 1.807) is 6.20 Å². The van der Waals surface area contributed by atoms with Gasteiger partial charge in [-0.05, 0) is 62.7 Å². The lowest BCUT2D eigenvalue weighted by atomic mass is 9.86. The van der Waals surface area contributed by atoms with Gasteiger partial charge in [-0.25, -0.2) is 0 Å². The molecule has 45 heavy (non-hydrogen) atoms. The van der Waals surface area contributed by atoms with Gasteiger partial charge in [-0.3, -0.25) is 15.8 Å². The lowest BCUT2D eigenvalue weighted by Crippen LogP contribution is -2.21. The molecule has 0 radical (unpaired) electrons. The molecule has 1 aromatic heterocycles. The zero-order valence-corrected chi connectivity index (χ0v) is 24.6. The quantitative estimate of drug-likeness (QED) is 0.146. The molecule has 4 heteroatoms. The number of aromatic nitrogens is 1. The van der Waals surface area contributed by atoms with E-state index < -0.39 is 0 Å². The van der Waals surface area contributed by atoms with Crippen LogP contribution in [0.5, 0.6) is 0 Å². The Balaban J connectivity index is 1.22. The SMILES string of the molecule is N=C1C(c2ccc(-c3ccccc3)cc2)=CC=C(c2ccc(-c3ccccc3)cc2)/C1=N/Nc1ccc(-c2cccnc2)cc1. The molecule has 2 N–H and O–H groups in total. The van der Waals surface area contributed by atoms with E-state index in [9.17, 15) is 5.41 Å². The summed E-state index contributed by atoms with van der Waals surface area (Å²) < 4.78 is 0. The molecule has 0 saturated heterocycles. The van der Waals surface area contributed by atoms with E-state index in [0.29, 0.717) is 11.4 Å². The van der Waals surface area contributed by atoms with Crippen LogP contribution in [0.1, 0.15) is 11.1 Å². The van der Waals surface area contributed by atoms with Gasteiger partial charge >= 0.3 is 0 Å². The number of nitrogens with one attached hydrogen (secondary N) is 2. The first kappa shape index (κ1) is 27.7. The van der Waals surface area contributed by atoms with Crippen LogP contribution in [0.4, 0.5) is 5.69 Å². The molecule has 0 atom stereocenters. The summed E-state index contributed by atoms with van der Waals surface area (Å²) in [6.07, 6.45) is 7.73. The molecule has 5 aromatic carbocycles. The molecule has 0 spiro atoms. The number of hydrazone groups is 1. The van der Waals surface area contributed by atoms with Crippen molar-refractivity contribution in [1.29, 1.82) is 5.41 Å². The molecule has 1 aliphatic rings. The topological polar surface area (TPSA) is 61.1 Å². The number of allylic oxidation sites excluding steroid dienone is 4. The van der Waals surface area contributed by atoms with E-state index >= 15 is 0 Å². The minimum Gasteiger partial charge on any atom is -0.298 e. The van der Waals surface area contributed by atoms with Crippen molar-refractivity contribution in [3.8, 4) is 33.4 Å². The van der Waals surface area contributed by atoms with Gasteiger partial charge in [0.15, 0.2) is 0 Å². The normalized spacial score (nSPS) is 13.7. The molecule has 0 fully saturated rings. The van der Waals surface area contributed by atoms with Crippen LogP contribution in [0.2, 0.25) is 0 Å². The Morgan fingerprint density at radius 3 is 1.44 bits per heavy atom. The predicted octanol–water partition coefficient (Wildman–Crippen LogP) is 10.1. The number of hydrogen-bond acceptors (Lipinski definition) is 4. The summed E-state index contributed by atoms with van der Waals surface area (Å²) in [7, 11) is 0. The Morgan fingerprint density at radius 2 is 0.889 bits per heavy atom. The summed E-state index contributed by atoms with van der Waals surface area (Å²) in [6.45, 7) is 0. The minimum atomic E-state index is 0.367. The van der Waals surface area contributed by atoms with Gasteiger partial charge in [0.25, 0.3) is 0 Å². The van der Waals surface area contributed by atoms with E-state index in [1.807, 2.05) is 85.1 Å². The highest BCUT2D eigenvalue weighted by Gasteiger charge is 2.23. The number of rotatable bonds is 7. The monoisotopic (exact) mass is 578 g/mol. The third-order valence-corrected chi connectivity index (χ3v) is 7.96. The van der Waals surface area contributed by atoms with Crippen molar-refractivity contribution in [3.05, 3.63) is 181 Å². The maximum Gasteiger partial charge on any atom is 0.117 e. The highest BCUT2D eigenvalue weighted by molar-refractivity contribution is 6.69.